The highest BCUT2D eigenvalue weighted by Crippen LogP contribution is 2.60. The fourth-order valence-corrected chi connectivity index (χ4v) is 12.3. The van der Waals surface area contributed by atoms with E-state index in [1.165, 1.54) is 16.8 Å². The standard InChI is InChI=1S/C38H38N4O7Si/c1-24-35(50(3,4)30-15-13-29(48-2)14-16-30)34(18-19-43)49-38(24)32-21-28(42(46)47)12-17-33(32)40(37(38)45)23-25-8-7-10-27(20-25)41-36(44)31-11-6-5-9-26(31)22-39-41/h5-17,20-22,24,34-35,43H,18-19,23H2,1-4H3/t24-,34+,35-,38+/m1/s1. The second-order valence-electron chi connectivity index (χ2n) is 13.6. The molecule has 0 saturated carbocycles. The zero-order chi connectivity index (χ0) is 35.4. The van der Waals surface area contributed by atoms with Gasteiger partial charge in [-0.25, -0.2) is 0 Å². The van der Waals surface area contributed by atoms with Gasteiger partial charge in [0.2, 0.25) is 0 Å². The Kier molecular flexibility index (Phi) is 8.41. The van der Waals surface area contributed by atoms with Crippen molar-refractivity contribution >= 4 is 41.3 Å². The van der Waals surface area contributed by atoms with Crippen LogP contribution in [0.15, 0.2) is 102 Å². The first kappa shape index (κ1) is 33.3. The third kappa shape index (κ3) is 5.22. The minimum atomic E-state index is -2.43. The van der Waals surface area contributed by atoms with Crippen molar-refractivity contribution in [3.05, 3.63) is 129 Å². The average molecular weight is 691 g/mol. The lowest BCUT2D eigenvalue weighted by Crippen LogP contribution is -2.51. The van der Waals surface area contributed by atoms with Gasteiger partial charge < -0.3 is 19.5 Å². The Morgan fingerprint density at radius 1 is 1.02 bits per heavy atom. The molecule has 1 saturated heterocycles. The van der Waals surface area contributed by atoms with Gasteiger partial charge in [-0.15, -0.1) is 0 Å². The van der Waals surface area contributed by atoms with Crippen LogP contribution in [0.5, 0.6) is 5.75 Å². The summed E-state index contributed by atoms with van der Waals surface area (Å²) in [6.07, 6.45) is 1.50. The molecule has 4 atom stereocenters. The molecule has 1 aromatic heterocycles. The van der Waals surface area contributed by atoms with Gasteiger partial charge in [-0.2, -0.15) is 9.78 Å². The molecule has 0 aliphatic carbocycles. The number of amides is 1. The van der Waals surface area contributed by atoms with Gasteiger partial charge in [-0.1, -0.05) is 67.7 Å². The third-order valence-electron chi connectivity index (χ3n) is 10.6. The van der Waals surface area contributed by atoms with Crippen LogP contribution in [-0.4, -0.2) is 53.6 Å². The van der Waals surface area contributed by atoms with E-state index < -0.39 is 24.7 Å². The van der Waals surface area contributed by atoms with E-state index in [0.29, 0.717) is 28.7 Å². The summed E-state index contributed by atoms with van der Waals surface area (Å²) in [4.78, 5) is 41.6. The first-order valence-corrected chi connectivity index (χ1v) is 19.7. The van der Waals surface area contributed by atoms with E-state index >= 15 is 0 Å². The van der Waals surface area contributed by atoms with E-state index in [4.69, 9.17) is 9.47 Å². The smallest absolute Gasteiger partial charge is 0.279 e. The minimum Gasteiger partial charge on any atom is -0.497 e. The third-order valence-corrected chi connectivity index (χ3v) is 15.0. The van der Waals surface area contributed by atoms with E-state index in [9.17, 15) is 24.8 Å². The quantitative estimate of drug-likeness (QED) is 0.123. The minimum absolute atomic E-state index is 0.117. The normalized spacial score (nSPS) is 21.6. The number of fused-ring (bicyclic) bond motifs is 3. The number of anilines is 1. The van der Waals surface area contributed by atoms with E-state index in [1.54, 1.807) is 36.4 Å². The van der Waals surface area contributed by atoms with Gasteiger partial charge in [-0.05, 0) is 53.9 Å². The van der Waals surface area contributed by atoms with E-state index in [2.05, 4.69) is 30.3 Å². The molecule has 1 fully saturated rings. The van der Waals surface area contributed by atoms with Crippen LogP contribution in [-0.2, 0) is 21.7 Å². The molecule has 3 heterocycles. The summed E-state index contributed by atoms with van der Waals surface area (Å²) in [5.74, 6) is 0.0514. The van der Waals surface area contributed by atoms with Crippen LogP contribution in [0.25, 0.3) is 16.5 Å². The summed E-state index contributed by atoms with van der Waals surface area (Å²) in [5.41, 5.74) is 0.262. The van der Waals surface area contributed by atoms with Gasteiger partial charge in [0.1, 0.15) is 5.75 Å². The van der Waals surface area contributed by atoms with Crippen molar-refractivity contribution in [2.45, 2.75) is 50.2 Å². The Balaban J connectivity index is 1.30. The number of benzene rings is 4. The highest BCUT2D eigenvalue weighted by atomic mass is 28.3. The van der Waals surface area contributed by atoms with Crippen molar-refractivity contribution < 1.29 is 24.3 Å². The fourth-order valence-electron chi connectivity index (χ4n) is 8.21. The molecule has 50 heavy (non-hydrogen) atoms. The first-order chi connectivity index (χ1) is 24.0. The number of nitro benzene ring substituents is 1. The lowest BCUT2D eigenvalue weighted by Gasteiger charge is -2.37. The zero-order valence-electron chi connectivity index (χ0n) is 28.3. The van der Waals surface area contributed by atoms with Crippen molar-refractivity contribution in [2.24, 2.45) is 5.92 Å². The molecule has 2 aliphatic heterocycles. The molecular formula is C38H38N4O7Si. The molecule has 256 valence electrons. The van der Waals surface area contributed by atoms with Crippen LogP contribution in [0, 0.1) is 16.0 Å². The maximum atomic E-state index is 15.0. The molecular weight excluding hydrogens is 653 g/mol. The molecule has 4 aromatic carbocycles. The maximum absolute atomic E-state index is 15.0. The lowest BCUT2D eigenvalue weighted by molar-refractivity contribution is -0.385. The second-order valence-corrected chi connectivity index (χ2v) is 18.3. The summed E-state index contributed by atoms with van der Waals surface area (Å²) in [7, 11) is -0.806. The summed E-state index contributed by atoms with van der Waals surface area (Å²) in [6, 6.07) is 27.0. The summed E-state index contributed by atoms with van der Waals surface area (Å²) in [5, 5.41) is 29.1. The van der Waals surface area contributed by atoms with E-state index in [0.717, 1.165) is 21.9 Å². The van der Waals surface area contributed by atoms with Crippen LogP contribution in [0.4, 0.5) is 11.4 Å². The number of carbonyl (C=O) groups is 1. The summed E-state index contributed by atoms with van der Waals surface area (Å²) >= 11 is 0. The Morgan fingerprint density at radius 2 is 1.78 bits per heavy atom. The topological polar surface area (TPSA) is 137 Å². The predicted molar refractivity (Wildman–Crippen MR) is 193 cm³/mol. The number of nitro groups is 1. The van der Waals surface area contributed by atoms with Gasteiger partial charge >= 0.3 is 0 Å². The van der Waals surface area contributed by atoms with Crippen molar-refractivity contribution in [1.29, 1.82) is 0 Å². The Bertz CT molecular complexity index is 2190. The Morgan fingerprint density at radius 3 is 2.50 bits per heavy atom. The number of ether oxygens (including phenoxy) is 2. The molecule has 11 nitrogen and oxygen atoms in total. The Labute approximate surface area is 289 Å². The fraction of sp³-hybridized carbons (Fsp3) is 0.289. The van der Waals surface area contributed by atoms with Crippen LogP contribution >= 0.6 is 0 Å². The predicted octanol–water partition coefficient (Wildman–Crippen LogP) is 5.45. The molecule has 5 aromatic rings. The number of hydrogen-bond acceptors (Lipinski definition) is 8. The van der Waals surface area contributed by atoms with Crippen LogP contribution in [0.2, 0.25) is 18.6 Å². The number of non-ortho nitro benzene ring substituents is 1. The molecule has 1 N–H and O–H groups in total. The maximum Gasteiger partial charge on any atom is 0.279 e. The van der Waals surface area contributed by atoms with Crippen molar-refractivity contribution in [3.63, 3.8) is 0 Å². The first-order valence-electron chi connectivity index (χ1n) is 16.6. The number of nitrogens with zero attached hydrogens (tertiary/aromatic N) is 4. The van der Waals surface area contributed by atoms with Crippen molar-refractivity contribution in [1.82, 2.24) is 9.78 Å². The summed E-state index contributed by atoms with van der Waals surface area (Å²) in [6.45, 7) is 6.48. The number of aromatic nitrogens is 2. The number of methoxy groups -OCH3 is 1. The molecule has 0 bridgehead atoms. The molecule has 1 amide bonds. The van der Waals surface area contributed by atoms with Crippen LogP contribution in [0.3, 0.4) is 0 Å². The highest BCUT2D eigenvalue weighted by molar-refractivity contribution is 6.91. The van der Waals surface area contributed by atoms with Crippen LogP contribution < -0.4 is 20.4 Å². The monoisotopic (exact) mass is 690 g/mol. The lowest BCUT2D eigenvalue weighted by atomic mass is 9.82. The van der Waals surface area contributed by atoms with Crippen LogP contribution in [0.1, 0.15) is 24.5 Å². The van der Waals surface area contributed by atoms with Crippen molar-refractivity contribution in [3.8, 4) is 11.4 Å². The molecule has 2 aliphatic rings. The second kappa shape index (κ2) is 12.6. The molecule has 0 radical (unpaired) electrons. The molecule has 7 rings (SSSR count). The molecule has 12 heteroatoms. The number of hydrogen-bond donors (Lipinski definition) is 1. The van der Waals surface area contributed by atoms with Gasteiger partial charge in [0.15, 0.2) is 5.60 Å². The average Bonchev–Trinajstić information content (AvgIpc) is 3.54. The SMILES string of the molecule is COc1ccc([Si](C)(C)[C@H]2[C@H](CCO)O[C@@]3(C(=O)N(Cc4cccc(-n5ncc6ccccc6c5=O)c4)c4ccc([N+](=O)[O-])cc43)[C@@H]2C)cc1. The van der Waals surface area contributed by atoms with Crippen molar-refractivity contribution in [2.75, 3.05) is 18.6 Å². The van der Waals surface area contributed by atoms with E-state index in [1.807, 2.05) is 55.5 Å². The van der Waals surface area contributed by atoms with Gasteiger partial charge in [0.05, 0.1) is 55.7 Å². The molecule has 1 spiro atoms. The van der Waals surface area contributed by atoms with Gasteiger partial charge in [0, 0.05) is 35.6 Å². The van der Waals surface area contributed by atoms with Gasteiger partial charge in [0.25, 0.3) is 17.2 Å². The highest BCUT2D eigenvalue weighted by Gasteiger charge is 2.66. The van der Waals surface area contributed by atoms with Gasteiger partial charge in [-0.3, -0.25) is 19.7 Å². The largest absolute Gasteiger partial charge is 0.497 e. The summed E-state index contributed by atoms with van der Waals surface area (Å²) < 4.78 is 13.6. The number of aliphatic hydroxyl groups is 1. The zero-order valence-corrected chi connectivity index (χ0v) is 29.3. The Hall–Kier alpha value is -5.17. The number of rotatable bonds is 9. The molecule has 0 unspecified atom stereocenters. The van der Waals surface area contributed by atoms with E-state index in [-0.39, 0.29) is 41.8 Å². The number of aliphatic hydroxyl groups excluding tert-OH is 1. The number of carbonyl (C=O) groups excluding carboxylic acids is 1.